The molecule has 1 aliphatic heterocycles. The number of nitrogens with one attached hydrogen (secondary N) is 3. The highest BCUT2D eigenvalue weighted by Crippen LogP contribution is 2.41. The predicted molar refractivity (Wildman–Crippen MR) is 125 cm³/mol. The van der Waals surface area contributed by atoms with Crippen molar-refractivity contribution < 1.29 is 9.13 Å². The third kappa shape index (κ3) is 4.67. The average molecular weight is 457 g/mol. The molecule has 4 rings (SSSR count). The highest BCUT2D eigenvalue weighted by Gasteiger charge is 2.40. The number of benzene rings is 1. The van der Waals surface area contributed by atoms with E-state index < -0.39 is 5.82 Å². The molecule has 0 atom stereocenters. The summed E-state index contributed by atoms with van der Waals surface area (Å²) in [5, 5.41) is 24.1. The molecule has 0 radical (unpaired) electrons. The van der Waals surface area contributed by atoms with Crippen LogP contribution in [0.15, 0.2) is 24.5 Å². The van der Waals surface area contributed by atoms with Gasteiger partial charge in [0.2, 0.25) is 0 Å². The largest absolute Gasteiger partial charge is 0.484 e. The van der Waals surface area contributed by atoms with E-state index in [1.54, 1.807) is 6.07 Å². The van der Waals surface area contributed by atoms with Gasteiger partial charge in [-0.1, -0.05) is 0 Å². The molecule has 2 fully saturated rings. The summed E-state index contributed by atoms with van der Waals surface area (Å²) in [6, 6.07) is 4.39. The minimum absolute atomic E-state index is 0.0692. The lowest BCUT2D eigenvalue weighted by atomic mass is 10.0. The number of aromatic nitrogens is 2. The van der Waals surface area contributed by atoms with E-state index in [4.69, 9.17) is 26.7 Å². The van der Waals surface area contributed by atoms with E-state index in [0.717, 1.165) is 30.2 Å². The second-order valence-electron chi connectivity index (χ2n) is 8.07. The van der Waals surface area contributed by atoms with E-state index in [9.17, 15) is 4.39 Å². The van der Waals surface area contributed by atoms with Crippen molar-refractivity contribution in [1.82, 2.24) is 14.9 Å². The second kappa shape index (κ2) is 8.73. The fraction of sp³-hybridized carbons (Fsp3) is 0.381. The summed E-state index contributed by atoms with van der Waals surface area (Å²) >= 11 is 1.08. The van der Waals surface area contributed by atoms with Crippen molar-refractivity contribution in [3.05, 3.63) is 41.6 Å². The molecular weight excluding hydrogens is 431 g/mol. The Labute approximate surface area is 189 Å². The third-order valence-corrected chi connectivity index (χ3v) is 6.25. The number of piperazine rings is 1. The molecule has 5 N–H and O–H groups in total. The number of anilines is 2. The monoisotopic (exact) mass is 456 g/mol. The SMILES string of the molecule is CC1(Oc2cc(C(=N)c3cc(N4CCN(C(=N)SC=N)CC4)ncn3)c(N)cc2F)CC1. The van der Waals surface area contributed by atoms with Crippen LogP contribution in [0.2, 0.25) is 0 Å². The van der Waals surface area contributed by atoms with Crippen LogP contribution < -0.4 is 15.4 Å². The van der Waals surface area contributed by atoms with Crippen LogP contribution in [0.5, 0.6) is 5.75 Å². The highest BCUT2D eigenvalue weighted by atomic mass is 32.2. The number of ether oxygens (including phenoxy) is 1. The van der Waals surface area contributed by atoms with Crippen LogP contribution in [0.1, 0.15) is 31.0 Å². The number of nitrogens with two attached hydrogens (primary N) is 1. The van der Waals surface area contributed by atoms with Crippen molar-refractivity contribution in [2.24, 2.45) is 0 Å². The smallest absolute Gasteiger partial charge is 0.167 e. The number of hydrogen-bond donors (Lipinski definition) is 4. The molecule has 1 aromatic carbocycles. The van der Waals surface area contributed by atoms with Gasteiger partial charge in [0.05, 0.1) is 17.0 Å². The standard InChI is InChI=1S/C21H25FN8OS/c1-21(2-3-21)31-17-8-13(15(24)9-14(17)22)19(25)16-10-18(28-12-27-16)29-4-6-30(7-5-29)20(26)32-11-23/h8-12,23,25-26H,2-7,24H2,1H3. The van der Waals surface area contributed by atoms with Crippen LogP contribution >= 0.6 is 11.8 Å². The first-order chi connectivity index (χ1) is 15.3. The molecule has 9 nitrogen and oxygen atoms in total. The van der Waals surface area contributed by atoms with Gasteiger partial charge in [-0.25, -0.2) is 14.4 Å². The Morgan fingerprint density at radius 1 is 1.19 bits per heavy atom. The van der Waals surface area contributed by atoms with Crippen LogP contribution in [0.25, 0.3) is 0 Å². The number of amidine groups is 1. The number of nitrogen functional groups attached to an aromatic ring is 1. The fourth-order valence-corrected chi connectivity index (χ4v) is 3.91. The van der Waals surface area contributed by atoms with Crippen LogP contribution in [-0.2, 0) is 0 Å². The lowest BCUT2D eigenvalue weighted by Crippen LogP contribution is -2.48. The van der Waals surface area contributed by atoms with Crippen LogP contribution in [-0.4, -0.2) is 63.1 Å². The summed E-state index contributed by atoms with van der Waals surface area (Å²) in [6.45, 7) is 4.51. The summed E-state index contributed by atoms with van der Waals surface area (Å²) in [5.41, 5.74) is 7.78. The minimum atomic E-state index is -0.542. The lowest BCUT2D eigenvalue weighted by molar-refractivity contribution is 0.191. The Kier molecular flexibility index (Phi) is 6.00. The van der Waals surface area contributed by atoms with Crippen molar-refractivity contribution in [2.75, 3.05) is 36.8 Å². The topological polar surface area (TPSA) is 139 Å². The quantitative estimate of drug-likeness (QED) is 0.298. The maximum absolute atomic E-state index is 14.4. The van der Waals surface area contributed by atoms with Gasteiger partial charge in [-0.3, -0.25) is 10.8 Å². The lowest BCUT2D eigenvalue weighted by Gasteiger charge is -2.36. The van der Waals surface area contributed by atoms with Crippen molar-refractivity contribution in [3.8, 4) is 5.75 Å². The van der Waals surface area contributed by atoms with Gasteiger partial charge in [0, 0.05) is 49.6 Å². The van der Waals surface area contributed by atoms with E-state index in [-0.39, 0.29) is 22.7 Å². The summed E-state index contributed by atoms with van der Waals surface area (Å²) in [5.74, 6) is 0.225. The molecule has 1 saturated carbocycles. The predicted octanol–water partition coefficient (Wildman–Crippen LogP) is 2.94. The Bertz CT molecular complexity index is 1070. The summed E-state index contributed by atoms with van der Waals surface area (Å²) < 4.78 is 20.1. The van der Waals surface area contributed by atoms with Gasteiger partial charge in [0.1, 0.15) is 17.7 Å². The normalized spacial score (nSPS) is 17.1. The first kappa shape index (κ1) is 22.0. The van der Waals surface area contributed by atoms with Crippen molar-refractivity contribution in [1.29, 1.82) is 16.2 Å². The molecule has 0 spiro atoms. The molecule has 1 saturated heterocycles. The molecule has 1 aliphatic carbocycles. The number of rotatable bonds is 6. The van der Waals surface area contributed by atoms with Gasteiger partial charge in [0.15, 0.2) is 16.7 Å². The van der Waals surface area contributed by atoms with Gasteiger partial charge >= 0.3 is 0 Å². The first-order valence-corrected chi connectivity index (χ1v) is 11.1. The summed E-state index contributed by atoms with van der Waals surface area (Å²) in [4.78, 5) is 12.6. The number of hydrogen-bond acceptors (Lipinski definition) is 9. The highest BCUT2D eigenvalue weighted by molar-refractivity contribution is 8.24. The van der Waals surface area contributed by atoms with Crippen LogP contribution in [0.4, 0.5) is 15.9 Å². The third-order valence-electron chi connectivity index (χ3n) is 5.65. The number of halogens is 1. The molecule has 2 aromatic rings. The van der Waals surface area contributed by atoms with Gasteiger partial charge < -0.3 is 25.7 Å². The maximum atomic E-state index is 14.4. The Morgan fingerprint density at radius 3 is 2.56 bits per heavy atom. The van der Waals surface area contributed by atoms with Crippen LogP contribution in [0.3, 0.4) is 0 Å². The molecular formula is C21H25FN8OS. The fourth-order valence-electron chi connectivity index (χ4n) is 3.47. The zero-order chi connectivity index (χ0) is 22.9. The molecule has 168 valence electrons. The van der Waals surface area contributed by atoms with Gasteiger partial charge in [-0.15, -0.1) is 0 Å². The Morgan fingerprint density at radius 2 is 1.91 bits per heavy atom. The summed E-state index contributed by atoms with van der Waals surface area (Å²) in [7, 11) is 0. The van der Waals surface area contributed by atoms with Gasteiger partial charge in [0.25, 0.3) is 0 Å². The van der Waals surface area contributed by atoms with Crippen LogP contribution in [0, 0.1) is 22.0 Å². The van der Waals surface area contributed by atoms with Gasteiger partial charge in [-0.2, -0.15) is 0 Å². The van der Waals surface area contributed by atoms with Crippen molar-refractivity contribution in [3.63, 3.8) is 0 Å². The molecule has 2 heterocycles. The average Bonchev–Trinajstić information content (AvgIpc) is 3.52. The van der Waals surface area contributed by atoms with E-state index in [0.29, 0.717) is 48.4 Å². The van der Waals surface area contributed by atoms with E-state index in [1.807, 2.05) is 11.8 Å². The van der Waals surface area contributed by atoms with E-state index in [1.165, 1.54) is 18.5 Å². The van der Waals surface area contributed by atoms with Gasteiger partial charge in [-0.05, 0) is 37.6 Å². The zero-order valence-corrected chi connectivity index (χ0v) is 18.5. The second-order valence-corrected chi connectivity index (χ2v) is 8.93. The zero-order valence-electron chi connectivity index (χ0n) is 17.7. The van der Waals surface area contributed by atoms with E-state index >= 15 is 0 Å². The molecule has 32 heavy (non-hydrogen) atoms. The first-order valence-electron chi connectivity index (χ1n) is 10.2. The Hall–Kier alpha value is -3.21. The van der Waals surface area contributed by atoms with E-state index in [2.05, 4.69) is 14.9 Å². The number of nitrogens with zero attached hydrogens (tertiary/aromatic N) is 4. The Balaban J connectivity index is 1.51. The molecule has 1 aromatic heterocycles. The minimum Gasteiger partial charge on any atom is -0.484 e. The molecule has 11 heteroatoms. The van der Waals surface area contributed by atoms with Crippen molar-refractivity contribution >= 4 is 39.7 Å². The molecule has 0 bridgehead atoms. The molecule has 0 unspecified atom stereocenters. The summed E-state index contributed by atoms with van der Waals surface area (Å²) in [6.07, 6.45) is 3.14. The van der Waals surface area contributed by atoms with Crippen molar-refractivity contribution in [2.45, 2.75) is 25.4 Å². The molecule has 0 amide bonds. The molecule has 2 aliphatic rings. The maximum Gasteiger partial charge on any atom is 0.167 e. The number of thioether (sulfide) groups is 1.